The minimum atomic E-state index is -0.357. The Hall–Kier alpha value is -1.79. The van der Waals surface area contributed by atoms with Gasteiger partial charge in [0.05, 0.1) is 6.61 Å². The summed E-state index contributed by atoms with van der Waals surface area (Å²) >= 11 is 0. The van der Waals surface area contributed by atoms with Crippen LogP contribution in [0.25, 0.3) is 0 Å². The monoisotopic (exact) mass is 232 g/mol. The average Bonchev–Trinajstić information content (AvgIpc) is 2.31. The Morgan fingerprint density at radius 1 is 1.29 bits per heavy atom. The molecule has 90 valence electrons. The van der Waals surface area contributed by atoms with Crippen molar-refractivity contribution in [2.24, 2.45) is 0 Å². The van der Waals surface area contributed by atoms with Gasteiger partial charge in [0.2, 0.25) is 0 Å². The number of carbonyl (C=O) groups is 1. The highest BCUT2D eigenvalue weighted by molar-refractivity contribution is 5.70. The summed E-state index contributed by atoms with van der Waals surface area (Å²) in [6.45, 7) is 4.34. The smallest absolute Gasteiger partial charge is 0.332 e. The van der Waals surface area contributed by atoms with Crippen molar-refractivity contribution in [2.75, 3.05) is 19.8 Å². The number of esters is 1. The molecule has 0 aliphatic rings. The van der Waals surface area contributed by atoms with Crippen LogP contribution in [0.15, 0.2) is 24.3 Å². The summed E-state index contributed by atoms with van der Waals surface area (Å²) in [5.41, 5.74) is 2.14. The van der Waals surface area contributed by atoms with E-state index in [0.717, 1.165) is 5.56 Å². The van der Waals surface area contributed by atoms with Gasteiger partial charge in [-0.2, -0.15) is 0 Å². The highest BCUT2D eigenvalue weighted by Crippen LogP contribution is 2.00. The van der Waals surface area contributed by atoms with E-state index in [1.54, 1.807) is 6.92 Å². The molecular weight excluding hydrogens is 216 g/mol. The molecule has 0 saturated heterocycles. The van der Waals surface area contributed by atoms with Gasteiger partial charge in [-0.25, -0.2) is 4.79 Å². The van der Waals surface area contributed by atoms with Gasteiger partial charge in [-0.05, 0) is 26.0 Å². The standard InChI is InChI=1S/C14H16O3/c1-3-17-14(15)11-16-10-4-5-13-8-6-12(2)7-9-13/h6-9H,3,10-11H2,1-2H3. The van der Waals surface area contributed by atoms with Gasteiger partial charge >= 0.3 is 5.97 Å². The van der Waals surface area contributed by atoms with Crippen LogP contribution in [0, 0.1) is 18.8 Å². The molecule has 0 radical (unpaired) electrons. The zero-order valence-corrected chi connectivity index (χ0v) is 10.2. The number of benzene rings is 1. The van der Waals surface area contributed by atoms with Crippen LogP contribution >= 0.6 is 0 Å². The normalized spacial score (nSPS) is 9.29. The van der Waals surface area contributed by atoms with Gasteiger partial charge in [0.1, 0.15) is 13.2 Å². The summed E-state index contributed by atoms with van der Waals surface area (Å²) in [6, 6.07) is 7.91. The molecule has 0 N–H and O–H groups in total. The van der Waals surface area contributed by atoms with Gasteiger partial charge in [0.25, 0.3) is 0 Å². The Labute approximate surface area is 102 Å². The largest absolute Gasteiger partial charge is 0.464 e. The molecule has 0 aliphatic heterocycles. The fraction of sp³-hybridized carbons (Fsp3) is 0.357. The molecule has 0 atom stereocenters. The van der Waals surface area contributed by atoms with Crippen LogP contribution in [0.3, 0.4) is 0 Å². The number of hydrogen-bond donors (Lipinski definition) is 0. The zero-order valence-electron chi connectivity index (χ0n) is 10.2. The lowest BCUT2D eigenvalue weighted by atomic mass is 10.2. The van der Waals surface area contributed by atoms with Crippen molar-refractivity contribution in [3.8, 4) is 11.8 Å². The third kappa shape index (κ3) is 5.74. The van der Waals surface area contributed by atoms with Gasteiger partial charge in [-0.15, -0.1) is 0 Å². The molecule has 0 saturated carbocycles. The van der Waals surface area contributed by atoms with Crippen LogP contribution in [-0.2, 0) is 14.3 Å². The van der Waals surface area contributed by atoms with E-state index in [9.17, 15) is 4.79 Å². The second-order valence-electron chi connectivity index (χ2n) is 3.47. The second-order valence-corrected chi connectivity index (χ2v) is 3.47. The third-order valence-corrected chi connectivity index (χ3v) is 1.98. The molecule has 0 fully saturated rings. The van der Waals surface area contributed by atoms with Crippen molar-refractivity contribution in [1.82, 2.24) is 0 Å². The lowest BCUT2D eigenvalue weighted by Gasteiger charge is -1.99. The molecule has 0 unspecified atom stereocenters. The average molecular weight is 232 g/mol. The molecule has 17 heavy (non-hydrogen) atoms. The van der Waals surface area contributed by atoms with Crippen molar-refractivity contribution in [1.29, 1.82) is 0 Å². The minimum Gasteiger partial charge on any atom is -0.464 e. The number of carbonyl (C=O) groups excluding carboxylic acids is 1. The van der Waals surface area contributed by atoms with Crippen molar-refractivity contribution >= 4 is 5.97 Å². The molecular formula is C14H16O3. The fourth-order valence-electron chi connectivity index (χ4n) is 1.16. The van der Waals surface area contributed by atoms with Gasteiger partial charge in [-0.1, -0.05) is 29.5 Å². The SMILES string of the molecule is CCOC(=O)COCC#Cc1ccc(C)cc1. The van der Waals surface area contributed by atoms with E-state index >= 15 is 0 Å². The Balaban J connectivity index is 2.27. The zero-order chi connectivity index (χ0) is 12.5. The topological polar surface area (TPSA) is 35.5 Å². The second kappa shape index (κ2) is 7.48. The highest BCUT2D eigenvalue weighted by atomic mass is 16.6. The van der Waals surface area contributed by atoms with E-state index in [0.29, 0.717) is 6.61 Å². The van der Waals surface area contributed by atoms with Crippen molar-refractivity contribution in [3.05, 3.63) is 35.4 Å². The van der Waals surface area contributed by atoms with E-state index < -0.39 is 0 Å². The fourth-order valence-corrected chi connectivity index (χ4v) is 1.16. The summed E-state index contributed by atoms with van der Waals surface area (Å²) in [5.74, 6) is 5.43. The van der Waals surface area contributed by atoms with Gasteiger partial charge in [0.15, 0.2) is 0 Å². The first-order valence-electron chi connectivity index (χ1n) is 5.51. The quantitative estimate of drug-likeness (QED) is 0.452. The summed E-state index contributed by atoms with van der Waals surface area (Å²) in [6.07, 6.45) is 0. The predicted octanol–water partition coefficient (Wildman–Crippen LogP) is 1.93. The Morgan fingerprint density at radius 2 is 2.00 bits per heavy atom. The van der Waals surface area contributed by atoms with E-state index in [4.69, 9.17) is 9.47 Å². The number of aryl methyl sites for hydroxylation is 1. The lowest BCUT2D eigenvalue weighted by Crippen LogP contribution is -2.12. The lowest BCUT2D eigenvalue weighted by molar-refractivity contribution is -0.147. The van der Waals surface area contributed by atoms with Crippen molar-refractivity contribution in [2.45, 2.75) is 13.8 Å². The Kier molecular flexibility index (Phi) is 5.84. The number of ether oxygens (including phenoxy) is 2. The molecule has 1 aromatic carbocycles. The third-order valence-electron chi connectivity index (χ3n) is 1.98. The van der Waals surface area contributed by atoms with Crippen LogP contribution in [-0.4, -0.2) is 25.8 Å². The van der Waals surface area contributed by atoms with Crippen molar-refractivity contribution in [3.63, 3.8) is 0 Å². The molecule has 0 aliphatic carbocycles. The van der Waals surface area contributed by atoms with Crippen LogP contribution < -0.4 is 0 Å². The molecule has 3 nitrogen and oxygen atoms in total. The first-order valence-corrected chi connectivity index (χ1v) is 5.51. The highest BCUT2D eigenvalue weighted by Gasteiger charge is 1.98. The van der Waals surface area contributed by atoms with Crippen molar-refractivity contribution < 1.29 is 14.3 Å². The predicted molar refractivity (Wildman–Crippen MR) is 65.5 cm³/mol. The first-order chi connectivity index (χ1) is 8.22. The minimum absolute atomic E-state index is 0.0452. The molecule has 0 heterocycles. The van der Waals surface area contributed by atoms with Crippen LogP contribution in [0.5, 0.6) is 0 Å². The molecule has 1 rings (SSSR count). The van der Waals surface area contributed by atoms with E-state index in [2.05, 4.69) is 11.8 Å². The Bertz CT molecular complexity index is 409. The number of hydrogen-bond acceptors (Lipinski definition) is 3. The van der Waals surface area contributed by atoms with Gasteiger partial charge < -0.3 is 9.47 Å². The molecule has 3 heteroatoms. The van der Waals surface area contributed by atoms with E-state index in [1.165, 1.54) is 5.56 Å². The maximum atomic E-state index is 10.9. The summed E-state index contributed by atoms with van der Waals surface area (Å²) in [7, 11) is 0. The summed E-state index contributed by atoms with van der Waals surface area (Å²) in [5, 5.41) is 0. The van der Waals surface area contributed by atoms with Gasteiger partial charge in [0, 0.05) is 5.56 Å². The maximum absolute atomic E-state index is 10.9. The first kappa shape index (κ1) is 13.3. The van der Waals surface area contributed by atoms with Crippen LogP contribution in [0.4, 0.5) is 0 Å². The van der Waals surface area contributed by atoms with Crippen LogP contribution in [0.1, 0.15) is 18.1 Å². The van der Waals surface area contributed by atoms with E-state index in [1.807, 2.05) is 31.2 Å². The van der Waals surface area contributed by atoms with E-state index in [-0.39, 0.29) is 19.2 Å². The summed E-state index contributed by atoms with van der Waals surface area (Å²) < 4.78 is 9.75. The summed E-state index contributed by atoms with van der Waals surface area (Å²) in [4.78, 5) is 10.9. The maximum Gasteiger partial charge on any atom is 0.332 e. The molecule has 1 aromatic rings. The molecule has 0 bridgehead atoms. The molecule has 0 amide bonds. The molecule has 0 aromatic heterocycles. The molecule has 0 spiro atoms. The van der Waals surface area contributed by atoms with Crippen LogP contribution in [0.2, 0.25) is 0 Å². The Morgan fingerprint density at radius 3 is 2.65 bits per heavy atom. The number of rotatable bonds is 4. The van der Waals surface area contributed by atoms with Gasteiger partial charge in [-0.3, -0.25) is 0 Å².